The van der Waals surface area contributed by atoms with Crippen LogP contribution < -0.4 is 10.3 Å². The summed E-state index contributed by atoms with van der Waals surface area (Å²) in [7, 11) is 0. The van der Waals surface area contributed by atoms with Gasteiger partial charge in [-0.1, -0.05) is 110 Å². The molecule has 4 heteroatoms. The molecule has 2 aliphatic heterocycles. The Balaban J connectivity index is 1.16. The van der Waals surface area contributed by atoms with Crippen LogP contribution in [0, 0.1) is 0 Å². The second kappa shape index (κ2) is 17.0. The Morgan fingerprint density at radius 1 is 0.718 bits per heavy atom. The fraction of sp³-hybridized carbons (Fsp3) is 0.657. The smallest absolute Gasteiger partial charge is 0.183 e. The van der Waals surface area contributed by atoms with Gasteiger partial charge in [-0.3, -0.25) is 4.79 Å². The number of rotatable bonds is 17. The minimum absolute atomic E-state index is 0.189. The van der Waals surface area contributed by atoms with E-state index in [0.717, 1.165) is 47.6 Å². The van der Waals surface area contributed by atoms with Gasteiger partial charge in [-0.25, -0.2) is 4.98 Å². The molecular formula is C35H52N2OS. The van der Waals surface area contributed by atoms with Crippen LogP contribution in [0.15, 0.2) is 35.1 Å². The van der Waals surface area contributed by atoms with Crippen molar-refractivity contribution < 1.29 is 0 Å². The molecule has 39 heavy (non-hydrogen) atoms. The zero-order valence-corrected chi connectivity index (χ0v) is 25.5. The van der Waals surface area contributed by atoms with E-state index >= 15 is 0 Å². The predicted molar refractivity (Wildman–Crippen MR) is 172 cm³/mol. The van der Waals surface area contributed by atoms with Gasteiger partial charge in [0.25, 0.3) is 0 Å². The molecule has 214 valence electrons. The van der Waals surface area contributed by atoms with E-state index in [1.165, 1.54) is 126 Å². The molecule has 0 saturated carbocycles. The fourth-order valence-corrected chi connectivity index (χ4v) is 7.10. The number of nitrogens with zero attached hydrogens (tertiary/aromatic N) is 2. The maximum absolute atomic E-state index is 12.9. The number of hydrogen-bond donors (Lipinski definition) is 0. The third-order valence-electron chi connectivity index (χ3n) is 8.57. The van der Waals surface area contributed by atoms with Crippen molar-refractivity contribution in [3.05, 3.63) is 46.1 Å². The molecule has 1 fully saturated rings. The Hall–Kier alpha value is -1.94. The average molecular weight is 549 g/mol. The molecule has 0 atom stereocenters. The van der Waals surface area contributed by atoms with Gasteiger partial charge in [0.1, 0.15) is 0 Å². The summed E-state index contributed by atoms with van der Waals surface area (Å²) in [5.41, 5.74) is 4.45. The molecule has 1 aliphatic carbocycles. The summed E-state index contributed by atoms with van der Waals surface area (Å²) in [6, 6.07) is 10.6. The van der Waals surface area contributed by atoms with Gasteiger partial charge < -0.3 is 4.90 Å². The van der Waals surface area contributed by atoms with Crippen molar-refractivity contribution in [1.29, 1.82) is 0 Å². The first kappa shape index (κ1) is 30.0. The Morgan fingerprint density at radius 3 is 1.92 bits per heavy atom. The monoisotopic (exact) mass is 548 g/mol. The van der Waals surface area contributed by atoms with Crippen LogP contribution in [0.25, 0.3) is 20.8 Å². The molecule has 0 aromatic heterocycles. The lowest BCUT2D eigenvalue weighted by molar-refractivity contribution is 0.532. The lowest BCUT2D eigenvalue weighted by Crippen LogP contribution is -2.23. The highest BCUT2D eigenvalue weighted by atomic mass is 32.1. The molecule has 0 spiro atoms. The summed E-state index contributed by atoms with van der Waals surface area (Å²) in [4.78, 5) is 21.4. The van der Waals surface area contributed by atoms with Gasteiger partial charge in [-0.2, -0.15) is 0 Å². The molecule has 4 rings (SSSR count). The van der Waals surface area contributed by atoms with E-state index in [2.05, 4.69) is 36.1 Å². The maximum atomic E-state index is 12.9. The highest BCUT2D eigenvalue weighted by Crippen LogP contribution is 2.33. The van der Waals surface area contributed by atoms with Crippen LogP contribution in [0.1, 0.15) is 134 Å². The summed E-state index contributed by atoms with van der Waals surface area (Å²) in [5.74, 6) is 0. The van der Waals surface area contributed by atoms with Crippen LogP contribution in [0.5, 0.6) is 0 Å². The number of fused-ring (bicyclic) bond motifs is 2. The molecule has 1 aromatic carbocycles. The van der Waals surface area contributed by atoms with E-state index in [4.69, 9.17) is 4.98 Å². The van der Waals surface area contributed by atoms with Gasteiger partial charge in [-0.05, 0) is 49.9 Å². The number of aromatic nitrogens is 1. The summed E-state index contributed by atoms with van der Waals surface area (Å²) in [6.45, 7) is 4.58. The molecule has 3 nitrogen and oxygen atoms in total. The van der Waals surface area contributed by atoms with E-state index in [1.807, 2.05) is 6.07 Å². The van der Waals surface area contributed by atoms with Crippen molar-refractivity contribution in [1.82, 2.24) is 4.98 Å². The first-order chi connectivity index (χ1) is 19.2. The Labute approximate surface area is 241 Å². The van der Waals surface area contributed by atoms with Gasteiger partial charge in [-0.15, -0.1) is 11.3 Å². The number of unbranched alkanes of at least 4 members (excludes halogenated alkanes) is 14. The van der Waals surface area contributed by atoms with E-state index < -0.39 is 0 Å². The highest BCUT2D eigenvalue weighted by molar-refractivity contribution is 7.21. The number of benzene rings is 2. The molecule has 1 saturated heterocycles. The Bertz CT molecular complexity index is 1130. The second-order valence-electron chi connectivity index (χ2n) is 11.9. The minimum atomic E-state index is 0.189. The minimum Gasteiger partial charge on any atom is -0.371 e. The highest BCUT2D eigenvalue weighted by Gasteiger charge is 2.14. The van der Waals surface area contributed by atoms with E-state index in [0.29, 0.717) is 0 Å². The van der Waals surface area contributed by atoms with Gasteiger partial charge in [0.2, 0.25) is 0 Å². The largest absolute Gasteiger partial charge is 0.371 e. The van der Waals surface area contributed by atoms with Crippen LogP contribution in [-0.2, 0) is 6.42 Å². The zero-order valence-electron chi connectivity index (χ0n) is 24.7. The summed E-state index contributed by atoms with van der Waals surface area (Å²) < 4.78 is 1.18. The summed E-state index contributed by atoms with van der Waals surface area (Å²) in [5, 5.41) is 0. The summed E-state index contributed by atoms with van der Waals surface area (Å²) >= 11 is 1.72. The van der Waals surface area contributed by atoms with Crippen molar-refractivity contribution >= 4 is 27.2 Å². The molecule has 0 radical (unpaired) electrons. The van der Waals surface area contributed by atoms with Crippen molar-refractivity contribution in [2.45, 2.75) is 135 Å². The van der Waals surface area contributed by atoms with Crippen molar-refractivity contribution in [3.8, 4) is 10.6 Å². The van der Waals surface area contributed by atoms with Crippen LogP contribution >= 0.6 is 11.3 Å². The lowest BCUT2D eigenvalue weighted by Gasteiger charge is -2.23. The second-order valence-corrected chi connectivity index (χ2v) is 13.0. The first-order valence-corrected chi connectivity index (χ1v) is 17.2. The molecule has 0 amide bonds. The van der Waals surface area contributed by atoms with E-state index in [9.17, 15) is 4.79 Å². The molecule has 2 heterocycles. The normalized spacial score (nSPS) is 14.3. The quantitative estimate of drug-likeness (QED) is 0.124. The van der Waals surface area contributed by atoms with Crippen molar-refractivity contribution in [2.75, 3.05) is 18.0 Å². The number of hydrogen-bond acceptors (Lipinski definition) is 4. The number of aryl methyl sites for hydroxylation is 1. The van der Waals surface area contributed by atoms with E-state index in [-0.39, 0.29) is 5.43 Å². The Morgan fingerprint density at radius 2 is 1.31 bits per heavy atom. The van der Waals surface area contributed by atoms with Gasteiger partial charge in [0, 0.05) is 30.4 Å². The van der Waals surface area contributed by atoms with Crippen molar-refractivity contribution in [2.24, 2.45) is 0 Å². The average Bonchev–Trinajstić information content (AvgIpc) is 3.24. The van der Waals surface area contributed by atoms with Crippen LogP contribution in [0.4, 0.5) is 5.69 Å². The molecule has 0 bridgehead atoms. The molecule has 3 aliphatic rings. The fourth-order valence-electron chi connectivity index (χ4n) is 6.09. The molecular weight excluding hydrogens is 496 g/mol. The SMILES string of the molecule is CCCCCCCCCCCCCCCCCc1cc2nc3ccc(N4CCCCCC4)cc3sc-2cc1=O. The van der Waals surface area contributed by atoms with Crippen molar-refractivity contribution in [3.63, 3.8) is 0 Å². The van der Waals surface area contributed by atoms with Crippen LogP contribution in [0.3, 0.4) is 0 Å². The third-order valence-corrected chi connectivity index (χ3v) is 9.66. The lowest BCUT2D eigenvalue weighted by atomic mass is 10.0. The molecule has 1 aromatic rings. The van der Waals surface area contributed by atoms with E-state index in [1.54, 1.807) is 11.3 Å². The first-order valence-electron chi connectivity index (χ1n) is 16.4. The number of anilines is 1. The third kappa shape index (κ3) is 9.88. The predicted octanol–water partition coefficient (Wildman–Crippen LogP) is 10.6. The van der Waals surface area contributed by atoms with Crippen LogP contribution in [-0.4, -0.2) is 18.1 Å². The molecule has 0 unspecified atom stereocenters. The standard InChI is InChI=1S/C35H52N2OS/c1-2-3-4-5-6-7-8-9-10-11-12-13-14-15-18-21-29-26-32-35(28-33(29)38)39-34-27-30(22-23-31(34)36-32)37-24-19-16-17-20-25-37/h22-23,26-28H,2-21,24-25H2,1H3. The molecule has 0 N–H and O–H groups in total. The van der Waals surface area contributed by atoms with Gasteiger partial charge >= 0.3 is 0 Å². The topological polar surface area (TPSA) is 33.2 Å². The zero-order chi connectivity index (χ0) is 27.1. The Kier molecular flexibility index (Phi) is 13.1. The van der Waals surface area contributed by atoms with Gasteiger partial charge in [0.05, 0.1) is 20.8 Å². The van der Waals surface area contributed by atoms with Crippen LogP contribution in [0.2, 0.25) is 0 Å². The van der Waals surface area contributed by atoms with Gasteiger partial charge in [0.15, 0.2) is 5.43 Å². The summed E-state index contributed by atoms with van der Waals surface area (Å²) in [6.07, 6.45) is 26.6. The maximum Gasteiger partial charge on any atom is 0.183 e.